The predicted molar refractivity (Wildman–Crippen MR) is 44.2 cm³/mol. The van der Waals surface area contributed by atoms with Gasteiger partial charge in [-0.3, -0.25) is 0 Å². The second kappa shape index (κ2) is 5.55. The van der Waals surface area contributed by atoms with Gasteiger partial charge in [0.2, 0.25) is 0 Å². The van der Waals surface area contributed by atoms with Gasteiger partial charge in [-0.2, -0.15) is 0 Å². The molecule has 2 heteroatoms. The van der Waals surface area contributed by atoms with Crippen molar-refractivity contribution in [3.05, 3.63) is 18.4 Å². The highest BCUT2D eigenvalue weighted by atomic mass is 35.5. The smallest absolute Gasteiger partial charge is 0.0681 e. The molecule has 0 saturated heterocycles. The quantitative estimate of drug-likeness (QED) is 0.493. The molecule has 0 fully saturated rings. The average Bonchev–Trinajstić information content (AvgIpc) is 1.88. The molecular formula is C8H13ClO. The minimum absolute atomic E-state index is 0.301. The number of hydrogen-bond acceptors (Lipinski definition) is 1. The van der Waals surface area contributed by atoms with E-state index in [1.54, 1.807) is 0 Å². The van der Waals surface area contributed by atoms with Crippen molar-refractivity contribution in [2.75, 3.05) is 5.88 Å². The molecule has 1 nitrogen and oxygen atoms in total. The van der Waals surface area contributed by atoms with Crippen LogP contribution in [0.1, 0.15) is 13.3 Å². The third-order valence-corrected chi connectivity index (χ3v) is 1.58. The Morgan fingerprint density at radius 3 is 2.80 bits per heavy atom. The largest absolute Gasteiger partial charge is 0.392 e. The molecule has 0 saturated carbocycles. The van der Waals surface area contributed by atoms with Gasteiger partial charge < -0.3 is 5.11 Å². The number of aliphatic hydroxyl groups excluding tert-OH is 1. The molecule has 0 radical (unpaired) electrons. The van der Waals surface area contributed by atoms with Gasteiger partial charge in [0.15, 0.2) is 0 Å². The lowest BCUT2D eigenvalue weighted by Crippen LogP contribution is -2.11. The molecular weight excluding hydrogens is 148 g/mol. The predicted octanol–water partition coefficient (Wildman–Crippen LogP) is 1.95. The number of alkyl halides is 1. The van der Waals surface area contributed by atoms with E-state index in [1.807, 2.05) is 13.0 Å². The van der Waals surface area contributed by atoms with E-state index in [-0.39, 0.29) is 0 Å². The molecule has 0 aliphatic rings. The first-order valence-electron chi connectivity index (χ1n) is 3.30. The highest BCUT2D eigenvalue weighted by Crippen LogP contribution is 2.07. The summed E-state index contributed by atoms with van der Waals surface area (Å²) in [6.45, 7) is 5.43. The Balaban J connectivity index is 3.56. The van der Waals surface area contributed by atoms with Crippen LogP contribution in [-0.4, -0.2) is 17.1 Å². The van der Waals surface area contributed by atoms with Crippen LogP contribution in [-0.2, 0) is 0 Å². The first-order chi connectivity index (χ1) is 4.70. The standard InChI is InChI=1S/C8H13ClO/c1-3-4-7(2)5-8(10)6-9/h4,7-8,10H,1,5-6H2,2H3/t7-,8?/m1/s1. The van der Waals surface area contributed by atoms with Gasteiger partial charge in [-0.25, -0.2) is 0 Å². The molecule has 0 aromatic heterocycles. The van der Waals surface area contributed by atoms with E-state index in [2.05, 4.69) is 12.3 Å². The van der Waals surface area contributed by atoms with E-state index >= 15 is 0 Å². The molecule has 58 valence electrons. The summed E-state index contributed by atoms with van der Waals surface area (Å²) in [5.41, 5.74) is 2.67. The zero-order chi connectivity index (χ0) is 7.98. The van der Waals surface area contributed by atoms with Crippen LogP contribution in [0, 0.1) is 5.92 Å². The molecule has 10 heavy (non-hydrogen) atoms. The van der Waals surface area contributed by atoms with Crippen molar-refractivity contribution in [1.29, 1.82) is 0 Å². The SMILES string of the molecule is C=C=C[C@@H](C)CC(O)CCl. The molecule has 0 aromatic rings. The van der Waals surface area contributed by atoms with Crippen LogP contribution in [0.2, 0.25) is 0 Å². The maximum atomic E-state index is 9.05. The molecule has 0 aliphatic carbocycles. The summed E-state index contributed by atoms with van der Waals surface area (Å²) in [6.07, 6.45) is 2.11. The van der Waals surface area contributed by atoms with Crippen LogP contribution in [0.5, 0.6) is 0 Å². The van der Waals surface area contributed by atoms with Gasteiger partial charge in [-0.15, -0.1) is 17.3 Å². The molecule has 0 aliphatic heterocycles. The minimum atomic E-state index is -0.402. The fourth-order valence-electron chi connectivity index (χ4n) is 0.761. The molecule has 0 rings (SSSR count). The molecule has 1 N–H and O–H groups in total. The summed E-state index contributed by atoms with van der Waals surface area (Å²) in [7, 11) is 0. The topological polar surface area (TPSA) is 20.2 Å². The van der Waals surface area contributed by atoms with Crippen LogP contribution in [0.25, 0.3) is 0 Å². The minimum Gasteiger partial charge on any atom is -0.392 e. The van der Waals surface area contributed by atoms with Gasteiger partial charge in [0, 0.05) is 5.88 Å². The molecule has 1 unspecified atom stereocenters. The fraction of sp³-hybridized carbons (Fsp3) is 0.625. The van der Waals surface area contributed by atoms with Crippen molar-refractivity contribution in [3.63, 3.8) is 0 Å². The lowest BCUT2D eigenvalue weighted by Gasteiger charge is -2.08. The zero-order valence-corrected chi connectivity index (χ0v) is 6.93. The summed E-state index contributed by atoms with van der Waals surface area (Å²) in [5, 5.41) is 9.05. The molecule has 0 spiro atoms. The van der Waals surface area contributed by atoms with Gasteiger partial charge in [0.1, 0.15) is 0 Å². The van der Waals surface area contributed by atoms with Crippen molar-refractivity contribution in [2.45, 2.75) is 19.4 Å². The van der Waals surface area contributed by atoms with Gasteiger partial charge >= 0.3 is 0 Å². The Morgan fingerprint density at radius 1 is 1.80 bits per heavy atom. The van der Waals surface area contributed by atoms with E-state index < -0.39 is 6.10 Å². The Labute approximate surface area is 67.0 Å². The fourth-order valence-corrected chi connectivity index (χ4v) is 0.887. The summed E-state index contributed by atoms with van der Waals surface area (Å²) in [5.74, 6) is 0.612. The Hall–Kier alpha value is -0.230. The second-order valence-electron chi connectivity index (χ2n) is 2.39. The van der Waals surface area contributed by atoms with Crippen LogP contribution in [0.3, 0.4) is 0 Å². The lowest BCUT2D eigenvalue weighted by atomic mass is 10.1. The highest BCUT2D eigenvalue weighted by Gasteiger charge is 2.05. The maximum absolute atomic E-state index is 9.05. The molecule has 0 bridgehead atoms. The third kappa shape index (κ3) is 4.63. The normalized spacial score (nSPS) is 15.5. The average molecular weight is 161 g/mol. The summed E-state index contributed by atoms with van der Waals surface area (Å²) < 4.78 is 0. The molecule has 0 amide bonds. The van der Waals surface area contributed by atoms with Gasteiger partial charge in [-0.05, 0) is 18.4 Å². The first-order valence-corrected chi connectivity index (χ1v) is 3.84. The van der Waals surface area contributed by atoms with Gasteiger partial charge in [0.05, 0.1) is 6.10 Å². The number of hydrogen-bond donors (Lipinski definition) is 1. The number of aliphatic hydroxyl groups is 1. The summed E-state index contributed by atoms with van der Waals surface area (Å²) in [4.78, 5) is 0. The Kier molecular flexibility index (Phi) is 5.42. The van der Waals surface area contributed by atoms with E-state index in [1.165, 1.54) is 0 Å². The monoisotopic (exact) mass is 160 g/mol. The van der Waals surface area contributed by atoms with Crippen LogP contribution in [0.15, 0.2) is 18.4 Å². The van der Waals surface area contributed by atoms with Crippen LogP contribution >= 0.6 is 11.6 Å². The second-order valence-corrected chi connectivity index (χ2v) is 2.70. The number of rotatable bonds is 4. The highest BCUT2D eigenvalue weighted by molar-refractivity contribution is 6.18. The van der Waals surface area contributed by atoms with E-state index in [9.17, 15) is 0 Å². The van der Waals surface area contributed by atoms with Crippen LogP contribution in [0.4, 0.5) is 0 Å². The number of halogens is 1. The van der Waals surface area contributed by atoms with Crippen molar-refractivity contribution in [1.82, 2.24) is 0 Å². The zero-order valence-electron chi connectivity index (χ0n) is 6.18. The molecule has 2 atom stereocenters. The van der Waals surface area contributed by atoms with E-state index in [0.29, 0.717) is 18.2 Å². The van der Waals surface area contributed by atoms with Gasteiger partial charge in [-0.1, -0.05) is 13.5 Å². The van der Waals surface area contributed by atoms with Crippen molar-refractivity contribution in [3.8, 4) is 0 Å². The van der Waals surface area contributed by atoms with E-state index in [4.69, 9.17) is 16.7 Å². The summed E-state index contributed by atoms with van der Waals surface area (Å²) in [6, 6.07) is 0. The summed E-state index contributed by atoms with van der Waals surface area (Å²) >= 11 is 5.40. The molecule has 0 heterocycles. The van der Waals surface area contributed by atoms with E-state index in [0.717, 1.165) is 0 Å². The first kappa shape index (κ1) is 9.77. The maximum Gasteiger partial charge on any atom is 0.0681 e. The lowest BCUT2D eigenvalue weighted by molar-refractivity contribution is 0.176. The van der Waals surface area contributed by atoms with Crippen molar-refractivity contribution in [2.24, 2.45) is 5.92 Å². The number of allylic oxidation sites excluding steroid dienone is 1. The molecule has 0 aromatic carbocycles. The third-order valence-electron chi connectivity index (χ3n) is 1.22. The van der Waals surface area contributed by atoms with Crippen LogP contribution < -0.4 is 0 Å². The van der Waals surface area contributed by atoms with Crippen molar-refractivity contribution < 1.29 is 5.11 Å². The Morgan fingerprint density at radius 2 is 2.40 bits per heavy atom. The van der Waals surface area contributed by atoms with Crippen molar-refractivity contribution >= 4 is 11.6 Å². The Bertz CT molecular complexity index is 127. The van der Waals surface area contributed by atoms with Gasteiger partial charge in [0.25, 0.3) is 0 Å².